The van der Waals surface area contributed by atoms with Gasteiger partial charge in [-0.2, -0.15) is 0 Å². The van der Waals surface area contributed by atoms with Gasteiger partial charge in [-0.05, 0) is 30.0 Å². The van der Waals surface area contributed by atoms with Gasteiger partial charge in [-0.25, -0.2) is 0 Å². The molecule has 1 heterocycles. The molecule has 0 amide bonds. The quantitative estimate of drug-likeness (QED) is 0.671. The van der Waals surface area contributed by atoms with E-state index in [1.807, 2.05) is 36.4 Å². The smallest absolute Gasteiger partial charge is 0.165 e. The molecule has 2 aromatic carbocycles. The molecule has 0 fully saturated rings. The van der Waals surface area contributed by atoms with Gasteiger partial charge in [0.2, 0.25) is 0 Å². The summed E-state index contributed by atoms with van der Waals surface area (Å²) in [5.41, 5.74) is 5.89. The zero-order valence-electron chi connectivity index (χ0n) is 12.8. The first-order valence-electron chi connectivity index (χ1n) is 8.01. The average Bonchev–Trinajstić information content (AvgIpc) is 2.62. The van der Waals surface area contributed by atoms with Crippen molar-refractivity contribution >= 4 is 5.78 Å². The highest BCUT2D eigenvalue weighted by molar-refractivity contribution is 6.04. The van der Waals surface area contributed by atoms with Gasteiger partial charge in [0.1, 0.15) is 0 Å². The lowest BCUT2D eigenvalue weighted by molar-refractivity contribution is 0.0972. The second-order valence-corrected chi connectivity index (χ2v) is 5.89. The Morgan fingerprint density at radius 1 is 0.783 bits per heavy atom. The Labute approximate surface area is 135 Å². The number of carbonyl (C=O) groups excluding carboxylic acids is 1. The van der Waals surface area contributed by atoms with Gasteiger partial charge in [0, 0.05) is 17.5 Å². The van der Waals surface area contributed by atoms with Crippen molar-refractivity contribution in [3.63, 3.8) is 0 Å². The largest absolute Gasteiger partial charge is 0.294 e. The summed E-state index contributed by atoms with van der Waals surface area (Å²) in [6.07, 6.45) is 2.39. The monoisotopic (exact) mass is 299 g/mol. The van der Waals surface area contributed by atoms with Crippen LogP contribution in [-0.2, 0) is 6.42 Å². The fourth-order valence-corrected chi connectivity index (χ4v) is 3.23. The number of fused-ring (bicyclic) bond motifs is 1. The van der Waals surface area contributed by atoms with Crippen LogP contribution in [0.2, 0.25) is 0 Å². The van der Waals surface area contributed by atoms with E-state index in [0.29, 0.717) is 6.42 Å². The van der Waals surface area contributed by atoms with Crippen molar-refractivity contribution in [3.8, 4) is 22.4 Å². The van der Waals surface area contributed by atoms with Gasteiger partial charge in [0.15, 0.2) is 5.78 Å². The SMILES string of the molecule is O=C1CCCc2nc(-c3ccccc3)cc(-c3ccccc3)c21. The van der Waals surface area contributed by atoms with Crippen molar-refractivity contribution < 1.29 is 4.79 Å². The summed E-state index contributed by atoms with van der Waals surface area (Å²) in [4.78, 5) is 17.3. The number of nitrogens with zero attached hydrogens (tertiary/aromatic N) is 1. The molecule has 0 saturated heterocycles. The number of aryl methyl sites for hydroxylation is 1. The molecule has 2 heteroatoms. The lowest BCUT2D eigenvalue weighted by atomic mass is 9.87. The molecule has 0 N–H and O–H groups in total. The zero-order valence-corrected chi connectivity index (χ0v) is 12.8. The molecule has 0 unspecified atom stereocenters. The van der Waals surface area contributed by atoms with E-state index in [9.17, 15) is 4.79 Å². The summed E-state index contributed by atoms with van der Waals surface area (Å²) in [5.74, 6) is 0.220. The highest BCUT2D eigenvalue weighted by atomic mass is 16.1. The van der Waals surface area contributed by atoms with Crippen LogP contribution in [0, 0.1) is 0 Å². The predicted molar refractivity (Wildman–Crippen MR) is 92.4 cm³/mol. The maximum absolute atomic E-state index is 12.5. The highest BCUT2D eigenvalue weighted by Gasteiger charge is 2.24. The maximum atomic E-state index is 12.5. The van der Waals surface area contributed by atoms with Crippen molar-refractivity contribution in [1.82, 2.24) is 4.98 Å². The van der Waals surface area contributed by atoms with Gasteiger partial charge < -0.3 is 0 Å². The number of aromatic nitrogens is 1. The van der Waals surface area contributed by atoms with Crippen LogP contribution in [0.5, 0.6) is 0 Å². The van der Waals surface area contributed by atoms with E-state index in [2.05, 4.69) is 30.3 Å². The Bertz CT molecular complexity index is 854. The summed E-state index contributed by atoms with van der Waals surface area (Å²) in [6.45, 7) is 0. The third-order valence-electron chi connectivity index (χ3n) is 4.34. The van der Waals surface area contributed by atoms with E-state index >= 15 is 0 Å². The zero-order chi connectivity index (χ0) is 15.6. The highest BCUT2D eigenvalue weighted by Crippen LogP contribution is 2.34. The Morgan fingerprint density at radius 3 is 2.13 bits per heavy atom. The predicted octanol–water partition coefficient (Wildman–Crippen LogP) is 4.93. The third-order valence-corrected chi connectivity index (χ3v) is 4.34. The number of hydrogen-bond donors (Lipinski definition) is 0. The number of Topliss-reactive ketones (excluding diaryl/α,β-unsaturated/α-hetero) is 1. The van der Waals surface area contributed by atoms with Crippen LogP contribution in [0.4, 0.5) is 0 Å². The molecule has 4 rings (SSSR count). The second-order valence-electron chi connectivity index (χ2n) is 5.89. The summed E-state index contributed by atoms with van der Waals surface area (Å²) >= 11 is 0. The summed E-state index contributed by atoms with van der Waals surface area (Å²) in [5, 5.41) is 0. The van der Waals surface area contributed by atoms with Crippen molar-refractivity contribution in [2.75, 3.05) is 0 Å². The molecule has 0 radical (unpaired) electrons. The third kappa shape index (κ3) is 2.57. The first-order chi connectivity index (χ1) is 11.3. The minimum atomic E-state index is 0.220. The van der Waals surface area contributed by atoms with E-state index in [0.717, 1.165) is 46.5 Å². The fourth-order valence-electron chi connectivity index (χ4n) is 3.23. The molecule has 0 aliphatic heterocycles. The average molecular weight is 299 g/mol. The number of hydrogen-bond acceptors (Lipinski definition) is 2. The molecule has 1 aliphatic carbocycles. The lowest BCUT2D eigenvalue weighted by Crippen LogP contribution is -2.14. The number of pyridine rings is 1. The molecule has 23 heavy (non-hydrogen) atoms. The first-order valence-corrected chi connectivity index (χ1v) is 8.01. The van der Waals surface area contributed by atoms with Crippen LogP contribution >= 0.6 is 0 Å². The molecule has 3 aromatic rings. The standard InChI is InChI=1S/C21H17NO/c23-20-13-7-12-18-21(20)17(15-8-3-1-4-9-15)14-19(22-18)16-10-5-2-6-11-16/h1-6,8-11,14H,7,12-13H2. The van der Waals surface area contributed by atoms with Gasteiger partial charge in [-0.3, -0.25) is 9.78 Å². The van der Waals surface area contributed by atoms with Crippen LogP contribution in [0.3, 0.4) is 0 Å². The fraction of sp³-hybridized carbons (Fsp3) is 0.143. The van der Waals surface area contributed by atoms with Crippen molar-refractivity contribution in [3.05, 3.63) is 78.0 Å². The van der Waals surface area contributed by atoms with Crippen LogP contribution in [0.15, 0.2) is 66.7 Å². The number of ketones is 1. The summed E-state index contributed by atoms with van der Waals surface area (Å²) in [7, 11) is 0. The Morgan fingerprint density at radius 2 is 1.43 bits per heavy atom. The van der Waals surface area contributed by atoms with E-state index in [-0.39, 0.29) is 5.78 Å². The molecule has 0 saturated carbocycles. The van der Waals surface area contributed by atoms with Crippen molar-refractivity contribution in [2.45, 2.75) is 19.3 Å². The van der Waals surface area contributed by atoms with Crippen LogP contribution in [0.25, 0.3) is 22.4 Å². The number of carbonyl (C=O) groups is 1. The van der Waals surface area contributed by atoms with E-state index in [1.54, 1.807) is 0 Å². The Balaban J connectivity index is 1.97. The summed E-state index contributed by atoms with van der Waals surface area (Å²) < 4.78 is 0. The van der Waals surface area contributed by atoms with Gasteiger partial charge >= 0.3 is 0 Å². The summed E-state index contributed by atoms with van der Waals surface area (Å²) in [6, 6.07) is 22.4. The molecule has 0 spiro atoms. The van der Waals surface area contributed by atoms with Crippen LogP contribution in [-0.4, -0.2) is 10.8 Å². The molecule has 0 bridgehead atoms. The second kappa shape index (κ2) is 5.81. The Hall–Kier alpha value is -2.74. The van der Waals surface area contributed by atoms with E-state index < -0.39 is 0 Å². The van der Waals surface area contributed by atoms with Gasteiger partial charge in [-0.15, -0.1) is 0 Å². The molecule has 112 valence electrons. The van der Waals surface area contributed by atoms with Crippen LogP contribution in [0.1, 0.15) is 28.9 Å². The number of benzene rings is 2. The normalized spacial score (nSPS) is 13.7. The van der Waals surface area contributed by atoms with Crippen molar-refractivity contribution in [1.29, 1.82) is 0 Å². The van der Waals surface area contributed by atoms with Crippen molar-refractivity contribution in [2.24, 2.45) is 0 Å². The topological polar surface area (TPSA) is 30.0 Å². The van der Waals surface area contributed by atoms with Gasteiger partial charge in [0.05, 0.1) is 11.4 Å². The van der Waals surface area contributed by atoms with Gasteiger partial charge in [0.25, 0.3) is 0 Å². The first kappa shape index (κ1) is 13.9. The molecule has 2 nitrogen and oxygen atoms in total. The molecule has 0 atom stereocenters. The van der Waals surface area contributed by atoms with E-state index in [1.165, 1.54) is 0 Å². The minimum Gasteiger partial charge on any atom is -0.294 e. The van der Waals surface area contributed by atoms with Crippen LogP contribution < -0.4 is 0 Å². The molecular formula is C21H17NO. The number of rotatable bonds is 2. The Kier molecular flexibility index (Phi) is 3.51. The molecule has 1 aliphatic rings. The molecule has 1 aromatic heterocycles. The maximum Gasteiger partial charge on any atom is 0.165 e. The van der Waals surface area contributed by atoms with Gasteiger partial charge in [-0.1, -0.05) is 60.7 Å². The lowest BCUT2D eigenvalue weighted by Gasteiger charge is -2.19. The van der Waals surface area contributed by atoms with E-state index in [4.69, 9.17) is 4.98 Å². The minimum absolute atomic E-state index is 0.220. The molecular weight excluding hydrogens is 282 g/mol.